The SMILES string of the molecule is COC(=O)C(Cc1ccc(O)cc1)NC(=O)NC(c1ccccc1)c1ccccc1. The molecular weight excluding hydrogens is 380 g/mol. The molecule has 0 spiro atoms. The van der Waals surface area contributed by atoms with Gasteiger partial charge in [0.05, 0.1) is 13.2 Å². The number of phenols is 1. The minimum absolute atomic E-state index is 0.132. The number of hydrogen-bond donors (Lipinski definition) is 3. The van der Waals surface area contributed by atoms with Crippen LogP contribution in [0.2, 0.25) is 0 Å². The van der Waals surface area contributed by atoms with Crippen molar-refractivity contribution in [2.45, 2.75) is 18.5 Å². The van der Waals surface area contributed by atoms with Crippen LogP contribution in [0, 0.1) is 0 Å². The molecule has 0 bridgehead atoms. The predicted octanol–water partition coefficient (Wildman–Crippen LogP) is 3.57. The maximum Gasteiger partial charge on any atom is 0.328 e. The zero-order valence-electron chi connectivity index (χ0n) is 16.6. The number of carbonyl (C=O) groups excluding carboxylic acids is 2. The molecule has 0 aliphatic carbocycles. The summed E-state index contributed by atoms with van der Waals surface area (Å²) in [5, 5.41) is 15.1. The van der Waals surface area contributed by atoms with Crippen LogP contribution in [0.3, 0.4) is 0 Å². The monoisotopic (exact) mass is 404 g/mol. The van der Waals surface area contributed by atoms with E-state index in [2.05, 4.69) is 10.6 Å². The fraction of sp³-hybridized carbons (Fsp3) is 0.167. The van der Waals surface area contributed by atoms with Crippen LogP contribution >= 0.6 is 0 Å². The van der Waals surface area contributed by atoms with Gasteiger partial charge in [0.1, 0.15) is 11.8 Å². The molecule has 0 aliphatic rings. The van der Waals surface area contributed by atoms with Crippen molar-refractivity contribution < 1.29 is 19.4 Å². The highest BCUT2D eigenvalue weighted by atomic mass is 16.5. The van der Waals surface area contributed by atoms with Gasteiger partial charge in [0.25, 0.3) is 0 Å². The summed E-state index contributed by atoms with van der Waals surface area (Å²) in [6.45, 7) is 0. The molecular formula is C24H24N2O4. The fourth-order valence-corrected chi connectivity index (χ4v) is 3.18. The fourth-order valence-electron chi connectivity index (χ4n) is 3.18. The van der Waals surface area contributed by atoms with Crippen LogP contribution in [0.1, 0.15) is 22.7 Å². The number of amides is 2. The van der Waals surface area contributed by atoms with E-state index in [1.807, 2.05) is 60.7 Å². The molecule has 0 aromatic heterocycles. The summed E-state index contributed by atoms with van der Waals surface area (Å²) in [4.78, 5) is 25.0. The van der Waals surface area contributed by atoms with Crippen molar-refractivity contribution in [3.05, 3.63) is 102 Å². The van der Waals surface area contributed by atoms with Gasteiger partial charge in [0.2, 0.25) is 0 Å². The molecule has 3 aromatic rings. The van der Waals surface area contributed by atoms with Gasteiger partial charge in [-0.2, -0.15) is 0 Å². The number of hydrogen-bond acceptors (Lipinski definition) is 4. The van der Waals surface area contributed by atoms with Crippen LogP contribution in [0.5, 0.6) is 5.75 Å². The Bertz CT molecular complexity index is 920. The summed E-state index contributed by atoms with van der Waals surface area (Å²) >= 11 is 0. The lowest BCUT2D eigenvalue weighted by molar-refractivity contribution is -0.142. The molecule has 0 aliphatic heterocycles. The van der Waals surface area contributed by atoms with Gasteiger partial charge in [-0.05, 0) is 28.8 Å². The van der Waals surface area contributed by atoms with Gasteiger partial charge in [-0.1, -0.05) is 72.8 Å². The number of urea groups is 1. The van der Waals surface area contributed by atoms with Crippen molar-refractivity contribution in [2.24, 2.45) is 0 Å². The Morgan fingerprint density at radius 3 is 1.87 bits per heavy atom. The van der Waals surface area contributed by atoms with Crippen molar-refractivity contribution in [2.75, 3.05) is 7.11 Å². The zero-order valence-corrected chi connectivity index (χ0v) is 16.6. The quantitative estimate of drug-likeness (QED) is 0.526. The van der Waals surface area contributed by atoms with Gasteiger partial charge < -0.3 is 20.5 Å². The third-order valence-electron chi connectivity index (χ3n) is 4.71. The molecule has 3 rings (SSSR count). The van der Waals surface area contributed by atoms with E-state index in [9.17, 15) is 14.7 Å². The van der Waals surface area contributed by atoms with Crippen LogP contribution in [0.4, 0.5) is 4.79 Å². The van der Waals surface area contributed by atoms with E-state index in [0.717, 1.165) is 16.7 Å². The Hall–Kier alpha value is -3.80. The minimum atomic E-state index is -0.869. The van der Waals surface area contributed by atoms with Crippen LogP contribution < -0.4 is 10.6 Å². The number of benzene rings is 3. The molecule has 30 heavy (non-hydrogen) atoms. The van der Waals surface area contributed by atoms with E-state index in [0.29, 0.717) is 0 Å². The predicted molar refractivity (Wildman–Crippen MR) is 114 cm³/mol. The highest BCUT2D eigenvalue weighted by molar-refractivity contribution is 5.84. The largest absolute Gasteiger partial charge is 0.508 e. The molecule has 3 aromatic carbocycles. The Morgan fingerprint density at radius 1 is 0.833 bits per heavy atom. The van der Waals surface area contributed by atoms with E-state index < -0.39 is 18.0 Å². The first-order valence-corrected chi connectivity index (χ1v) is 9.59. The van der Waals surface area contributed by atoms with E-state index in [-0.39, 0.29) is 18.2 Å². The second kappa shape index (κ2) is 10.1. The average Bonchev–Trinajstić information content (AvgIpc) is 2.79. The van der Waals surface area contributed by atoms with E-state index >= 15 is 0 Å². The minimum Gasteiger partial charge on any atom is -0.508 e. The lowest BCUT2D eigenvalue weighted by atomic mass is 9.99. The first kappa shape index (κ1) is 20.9. The van der Waals surface area contributed by atoms with Gasteiger partial charge in [-0.3, -0.25) is 0 Å². The van der Waals surface area contributed by atoms with Gasteiger partial charge in [0, 0.05) is 6.42 Å². The number of carbonyl (C=O) groups is 2. The lowest BCUT2D eigenvalue weighted by Gasteiger charge is -2.22. The number of methoxy groups -OCH3 is 1. The summed E-state index contributed by atoms with van der Waals surface area (Å²) in [6, 6.07) is 23.9. The number of nitrogens with one attached hydrogen (secondary N) is 2. The number of ether oxygens (including phenoxy) is 1. The average molecular weight is 404 g/mol. The highest BCUT2D eigenvalue weighted by Crippen LogP contribution is 2.21. The lowest BCUT2D eigenvalue weighted by Crippen LogP contribution is -2.48. The normalized spacial score (nSPS) is 11.5. The molecule has 0 saturated heterocycles. The highest BCUT2D eigenvalue weighted by Gasteiger charge is 2.24. The first-order chi connectivity index (χ1) is 14.6. The number of rotatable bonds is 7. The summed E-state index contributed by atoms with van der Waals surface area (Å²) in [5.74, 6) is -0.415. The van der Waals surface area contributed by atoms with Crippen LogP contribution in [0.25, 0.3) is 0 Å². The van der Waals surface area contributed by atoms with Gasteiger partial charge in [0.15, 0.2) is 0 Å². The molecule has 1 atom stereocenters. The smallest absolute Gasteiger partial charge is 0.328 e. The van der Waals surface area contributed by atoms with Crippen molar-refractivity contribution in [3.8, 4) is 5.75 Å². The van der Waals surface area contributed by atoms with Gasteiger partial charge in [-0.15, -0.1) is 0 Å². The molecule has 154 valence electrons. The molecule has 0 saturated carbocycles. The van der Waals surface area contributed by atoms with Crippen molar-refractivity contribution in [3.63, 3.8) is 0 Å². The number of aromatic hydroxyl groups is 1. The molecule has 2 amide bonds. The topological polar surface area (TPSA) is 87.7 Å². The summed E-state index contributed by atoms with van der Waals surface area (Å²) in [5.41, 5.74) is 2.63. The summed E-state index contributed by atoms with van der Waals surface area (Å²) < 4.78 is 4.85. The van der Waals surface area contributed by atoms with Crippen molar-refractivity contribution >= 4 is 12.0 Å². The van der Waals surface area contributed by atoms with Gasteiger partial charge >= 0.3 is 12.0 Å². The molecule has 0 fully saturated rings. The Morgan fingerprint density at radius 2 is 1.37 bits per heavy atom. The zero-order chi connectivity index (χ0) is 21.3. The summed E-state index contributed by atoms with van der Waals surface area (Å²) in [6.07, 6.45) is 0.238. The number of phenolic OH excluding ortho intramolecular Hbond substituents is 1. The Kier molecular flexibility index (Phi) is 7.05. The van der Waals surface area contributed by atoms with Crippen LogP contribution in [-0.4, -0.2) is 30.3 Å². The van der Waals surface area contributed by atoms with Crippen LogP contribution in [0.15, 0.2) is 84.9 Å². The van der Waals surface area contributed by atoms with Crippen molar-refractivity contribution in [1.82, 2.24) is 10.6 Å². The Balaban J connectivity index is 1.76. The third-order valence-corrected chi connectivity index (χ3v) is 4.71. The molecule has 3 N–H and O–H groups in total. The standard InChI is InChI=1S/C24H24N2O4/c1-30-23(28)21(16-17-12-14-20(27)15-13-17)25-24(29)26-22(18-8-4-2-5-9-18)19-10-6-3-7-11-19/h2-15,21-22,27H,16H2,1H3,(H2,25,26,29). The molecule has 6 heteroatoms. The third kappa shape index (κ3) is 5.61. The van der Waals surface area contributed by atoms with E-state index in [1.165, 1.54) is 19.2 Å². The van der Waals surface area contributed by atoms with E-state index in [1.54, 1.807) is 12.1 Å². The first-order valence-electron chi connectivity index (χ1n) is 9.59. The van der Waals surface area contributed by atoms with Crippen molar-refractivity contribution in [1.29, 1.82) is 0 Å². The number of esters is 1. The Labute approximate surface area is 175 Å². The molecule has 0 radical (unpaired) electrons. The maximum atomic E-state index is 12.8. The summed E-state index contributed by atoms with van der Waals surface area (Å²) in [7, 11) is 1.28. The van der Waals surface area contributed by atoms with Gasteiger partial charge in [-0.25, -0.2) is 9.59 Å². The molecule has 0 heterocycles. The molecule has 1 unspecified atom stereocenters. The second-order valence-electron chi connectivity index (χ2n) is 6.82. The maximum absolute atomic E-state index is 12.8. The van der Waals surface area contributed by atoms with Crippen LogP contribution in [-0.2, 0) is 16.0 Å². The molecule has 6 nitrogen and oxygen atoms in total. The van der Waals surface area contributed by atoms with E-state index in [4.69, 9.17) is 4.74 Å². The second-order valence-corrected chi connectivity index (χ2v) is 6.82.